The first-order valence-corrected chi connectivity index (χ1v) is 14.2. The van der Waals surface area contributed by atoms with Crippen molar-refractivity contribution in [3.05, 3.63) is 160 Å². The zero-order valence-electron chi connectivity index (χ0n) is 23.3. The SMILES string of the molecule is Cc1ccc(C=Cc2ccc(N(c3ccc(C=Cc4ccc(C)cc4)cc3)c3ccc4c(c3)CCC4)cc2)cc1. The Morgan fingerprint density at radius 2 is 0.800 bits per heavy atom. The summed E-state index contributed by atoms with van der Waals surface area (Å²) in [4.78, 5) is 2.37. The van der Waals surface area contributed by atoms with Crippen LogP contribution in [-0.2, 0) is 12.8 Å². The number of hydrogen-bond acceptors (Lipinski definition) is 1. The fourth-order valence-corrected chi connectivity index (χ4v) is 5.35. The molecule has 1 aliphatic rings. The van der Waals surface area contributed by atoms with E-state index >= 15 is 0 Å². The molecule has 0 N–H and O–H groups in total. The average Bonchev–Trinajstić information content (AvgIpc) is 3.46. The maximum atomic E-state index is 2.39. The Kier molecular flexibility index (Phi) is 7.46. The smallest absolute Gasteiger partial charge is 0.0464 e. The van der Waals surface area contributed by atoms with Crippen LogP contribution in [0.5, 0.6) is 0 Å². The summed E-state index contributed by atoms with van der Waals surface area (Å²) in [5, 5.41) is 0. The van der Waals surface area contributed by atoms with Gasteiger partial charge in [0.05, 0.1) is 0 Å². The van der Waals surface area contributed by atoms with Gasteiger partial charge in [0.25, 0.3) is 0 Å². The molecule has 0 spiro atoms. The van der Waals surface area contributed by atoms with Crippen molar-refractivity contribution in [2.45, 2.75) is 33.1 Å². The summed E-state index contributed by atoms with van der Waals surface area (Å²) >= 11 is 0. The van der Waals surface area contributed by atoms with E-state index in [1.165, 1.54) is 69.5 Å². The predicted octanol–water partition coefficient (Wildman–Crippen LogP) is 10.6. The summed E-state index contributed by atoms with van der Waals surface area (Å²) < 4.78 is 0. The lowest BCUT2D eigenvalue weighted by atomic mass is 10.1. The molecule has 0 fully saturated rings. The van der Waals surface area contributed by atoms with E-state index in [1.54, 1.807) is 0 Å². The second-order valence-corrected chi connectivity index (χ2v) is 10.8. The van der Waals surface area contributed by atoms with Crippen LogP contribution in [0.4, 0.5) is 17.1 Å². The van der Waals surface area contributed by atoms with Gasteiger partial charge in [-0.25, -0.2) is 0 Å². The largest absolute Gasteiger partial charge is 0.310 e. The average molecular weight is 518 g/mol. The van der Waals surface area contributed by atoms with E-state index in [-0.39, 0.29) is 0 Å². The Balaban J connectivity index is 1.29. The highest BCUT2D eigenvalue weighted by molar-refractivity contribution is 5.80. The Hall–Kier alpha value is -4.62. The number of benzene rings is 5. The van der Waals surface area contributed by atoms with Crippen molar-refractivity contribution < 1.29 is 0 Å². The van der Waals surface area contributed by atoms with Crippen LogP contribution in [0.3, 0.4) is 0 Å². The molecule has 0 atom stereocenters. The first-order valence-electron chi connectivity index (χ1n) is 14.2. The first kappa shape index (κ1) is 25.6. The highest BCUT2D eigenvalue weighted by atomic mass is 15.1. The van der Waals surface area contributed by atoms with Gasteiger partial charge in [0.2, 0.25) is 0 Å². The Morgan fingerprint density at radius 3 is 1.25 bits per heavy atom. The molecular formula is C39H35N. The molecule has 1 heteroatoms. The summed E-state index contributed by atoms with van der Waals surface area (Å²) in [5.41, 5.74) is 13.9. The summed E-state index contributed by atoms with van der Waals surface area (Å²) in [6.45, 7) is 4.24. The normalized spacial score (nSPS) is 12.8. The van der Waals surface area contributed by atoms with E-state index in [0.717, 1.165) is 11.4 Å². The lowest BCUT2D eigenvalue weighted by molar-refractivity contribution is 0.912. The van der Waals surface area contributed by atoms with Gasteiger partial charge in [-0.3, -0.25) is 0 Å². The molecule has 0 heterocycles. The Morgan fingerprint density at radius 1 is 0.425 bits per heavy atom. The van der Waals surface area contributed by atoms with E-state index in [4.69, 9.17) is 0 Å². The standard InChI is InChI=1S/C39H35N/c1-29-6-10-31(11-7-29)14-16-33-18-23-37(24-19-33)40(39-27-22-35-4-3-5-36(35)28-39)38-25-20-34(21-26-38)17-15-32-12-8-30(2)9-13-32/h6-28H,3-5H2,1-2H3. The van der Waals surface area contributed by atoms with Crippen LogP contribution in [0.25, 0.3) is 24.3 Å². The zero-order chi connectivity index (χ0) is 27.3. The monoisotopic (exact) mass is 517 g/mol. The number of rotatable bonds is 7. The van der Waals surface area contributed by atoms with Crippen molar-refractivity contribution in [3.63, 3.8) is 0 Å². The Labute approximate surface area is 238 Å². The third-order valence-electron chi connectivity index (χ3n) is 7.73. The molecule has 0 radical (unpaired) electrons. The predicted molar refractivity (Wildman–Crippen MR) is 173 cm³/mol. The van der Waals surface area contributed by atoms with Gasteiger partial charge < -0.3 is 4.90 Å². The molecule has 0 bridgehead atoms. The maximum Gasteiger partial charge on any atom is 0.0464 e. The molecule has 0 saturated carbocycles. The van der Waals surface area contributed by atoms with Crippen molar-refractivity contribution in [3.8, 4) is 0 Å². The van der Waals surface area contributed by atoms with Crippen molar-refractivity contribution >= 4 is 41.4 Å². The van der Waals surface area contributed by atoms with Gasteiger partial charge in [0.15, 0.2) is 0 Å². The Bertz CT molecular complexity index is 1540. The maximum absolute atomic E-state index is 2.39. The second-order valence-electron chi connectivity index (χ2n) is 10.8. The van der Waals surface area contributed by atoms with Gasteiger partial charge in [0, 0.05) is 17.1 Å². The zero-order valence-corrected chi connectivity index (χ0v) is 23.3. The van der Waals surface area contributed by atoms with Gasteiger partial charge >= 0.3 is 0 Å². The number of nitrogens with zero attached hydrogens (tertiary/aromatic N) is 1. The third-order valence-corrected chi connectivity index (χ3v) is 7.73. The number of fused-ring (bicyclic) bond motifs is 1. The molecule has 0 saturated heterocycles. The number of hydrogen-bond donors (Lipinski definition) is 0. The molecule has 0 unspecified atom stereocenters. The highest BCUT2D eigenvalue weighted by Gasteiger charge is 2.16. The molecule has 1 nitrogen and oxygen atoms in total. The quantitative estimate of drug-likeness (QED) is 0.194. The molecule has 0 aromatic heterocycles. The van der Waals surface area contributed by atoms with Crippen molar-refractivity contribution in [2.75, 3.05) is 4.90 Å². The van der Waals surface area contributed by atoms with Crippen LogP contribution in [0.1, 0.15) is 50.9 Å². The molecule has 40 heavy (non-hydrogen) atoms. The summed E-state index contributed by atoms with van der Waals surface area (Å²) in [7, 11) is 0. The van der Waals surface area contributed by atoms with Crippen molar-refractivity contribution in [2.24, 2.45) is 0 Å². The summed E-state index contributed by atoms with van der Waals surface area (Å²) in [6, 6.07) is 42.0. The van der Waals surface area contributed by atoms with E-state index in [9.17, 15) is 0 Å². The van der Waals surface area contributed by atoms with Crippen LogP contribution in [0, 0.1) is 13.8 Å². The molecule has 0 aliphatic heterocycles. The van der Waals surface area contributed by atoms with Crippen LogP contribution < -0.4 is 4.90 Å². The van der Waals surface area contributed by atoms with Crippen LogP contribution in [0.2, 0.25) is 0 Å². The van der Waals surface area contributed by atoms with Gasteiger partial charge in [-0.15, -0.1) is 0 Å². The lowest BCUT2D eigenvalue weighted by Crippen LogP contribution is -2.10. The van der Waals surface area contributed by atoms with Crippen molar-refractivity contribution in [1.82, 2.24) is 0 Å². The number of aryl methyl sites for hydroxylation is 4. The van der Waals surface area contributed by atoms with Gasteiger partial charge in [0.1, 0.15) is 0 Å². The van der Waals surface area contributed by atoms with Crippen molar-refractivity contribution in [1.29, 1.82) is 0 Å². The van der Waals surface area contributed by atoms with E-state index in [2.05, 4.69) is 158 Å². The fourth-order valence-electron chi connectivity index (χ4n) is 5.35. The molecule has 1 aliphatic carbocycles. The van der Waals surface area contributed by atoms with Gasteiger partial charge in [-0.05, 0) is 103 Å². The molecule has 5 aromatic carbocycles. The topological polar surface area (TPSA) is 3.24 Å². The lowest BCUT2D eigenvalue weighted by Gasteiger charge is -2.26. The van der Waals surface area contributed by atoms with Crippen LogP contribution in [-0.4, -0.2) is 0 Å². The van der Waals surface area contributed by atoms with E-state index < -0.39 is 0 Å². The third kappa shape index (κ3) is 6.00. The minimum atomic E-state index is 1.16. The molecule has 6 rings (SSSR count). The fraction of sp³-hybridized carbons (Fsp3) is 0.128. The van der Waals surface area contributed by atoms with Gasteiger partial charge in [-0.1, -0.05) is 114 Å². The van der Waals surface area contributed by atoms with Gasteiger partial charge in [-0.2, -0.15) is 0 Å². The molecule has 5 aromatic rings. The van der Waals surface area contributed by atoms with E-state index in [1.807, 2.05) is 0 Å². The number of anilines is 3. The van der Waals surface area contributed by atoms with Crippen LogP contribution >= 0.6 is 0 Å². The van der Waals surface area contributed by atoms with Crippen LogP contribution in [0.15, 0.2) is 115 Å². The molecule has 196 valence electrons. The summed E-state index contributed by atoms with van der Waals surface area (Å²) in [6.07, 6.45) is 12.3. The molecular weight excluding hydrogens is 482 g/mol. The highest BCUT2D eigenvalue weighted by Crippen LogP contribution is 2.37. The van der Waals surface area contributed by atoms with E-state index in [0.29, 0.717) is 0 Å². The molecule has 0 amide bonds. The summed E-state index contributed by atoms with van der Waals surface area (Å²) in [5.74, 6) is 0. The minimum Gasteiger partial charge on any atom is -0.310 e. The minimum absolute atomic E-state index is 1.16. The second kappa shape index (κ2) is 11.6. The first-order chi connectivity index (χ1) is 19.6.